The zero-order valence-electron chi connectivity index (χ0n) is 9.31. The summed E-state index contributed by atoms with van der Waals surface area (Å²) in [7, 11) is 1.98. The number of nitrogens with zero attached hydrogens (tertiary/aromatic N) is 2. The van der Waals surface area contributed by atoms with Crippen LogP contribution in [0.4, 0.5) is 0 Å². The maximum absolute atomic E-state index is 9.08. The van der Waals surface area contributed by atoms with Gasteiger partial charge < -0.3 is 9.84 Å². The zero-order valence-corrected chi connectivity index (χ0v) is 9.31. The van der Waals surface area contributed by atoms with Crippen molar-refractivity contribution >= 4 is 0 Å². The molecule has 0 aromatic carbocycles. The van der Waals surface area contributed by atoms with E-state index >= 15 is 0 Å². The van der Waals surface area contributed by atoms with Crippen molar-refractivity contribution in [3.63, 3.8) is 0 Å². The minimum atomic E-state index is -0.000967. The van der Waals surface area contributed by atoms with Gasteiger partial charge in [0.2, 0.25) is 0 Å². The molecule has 1 aliphatic heterocycles. The Hall–Kier alpha value is -0.870. The Balaban J connectivity index is 2.13. The number of aliphatic hydroxyl groups is 1. The van der Waals surface area contributed by atoms with E-state index in [1.807, 2.05) is 18.7 Å². The fourth-order valence-corrected chi connectivity index (χ4v) is 2.29. The molecule has 0 aliphatic carbocycles. The molecule has 15 heavy (non-hydrogen) atoms. The van der Waals surface area contributed by atoms with Crippen molar-refractivity contribution in [2.75, 3.05) is 13.2 Å². The Kier molecular flexibility index (Phi) is 3.07. The van der Waals surface area contributed by atoms with Crippen LogP contribution in [0.5, 0.6) is 0 Å². The van der Waals surface area contributed by atoms with Crippen LogP contribution in [-0.4, -0.2) is 34.2 Å². The van der Waals surface area contributed by atoms with Crippen molar-refractivity contribution in [3.05, 3.63) is 17.5 Å². The second kappa shape index (κ2) is 4.33. The highest BCUT2D eigenvalue weighted by molar-refractivity contribution is 5.14. The maximum Gasteiger partial charge on any atom is 0.0812 e. The van der Waals surface area contributed by atoms with Crippen molar-refractivity contribution < 1.29 is 9.84 Å². The van der Waals surface area contributed by atoms with E-state index in [1.165, 1.54) is 5.69 Å². The Morgan fingerprint density at radius 3 is 3.07 bits per heavy atom. The molecule has 1 saturated heterocycles. The molecular formula is C11H18N2O2. The molecule has 0 spiro atoms. The van der Waals surface area contributed by atoms with Crippen LogP contribution in [0.3, 0.4) is 0 Å². The standard InChI is InChI=1S/C11H18N2O2/c1-8-5-11(13(2)12-8)9-3-4-15-10(6-9)7-14/h5,9-10,14H,3-4,6-7H2,1-2H3. The average molecular weight is 210 g/mol. The highest BCUT2D eigenvalue weighted by atomic mass is 16.5. The predicted octanol–water partition coefficient (Wildman–Crippen LogP) is 0.983. The molecule has 1 aliphatic rings. The average Bonchev–Trinajstić information content (AvgIpc) is 2.58. The van der Waals surface area contributed by atoms with Gasteiger partial charge in [-0.3, -0.25) is 4.68 Å². The molecule has 0 radical (unpaired) electrons. The minimum absolute atomic E-state index is 0.000967. The lowest BCUT2D eigenvalue weighted by atomic mass is 9.92. The highest BCUT2D eigenvalue weighted by Crippen LogP contribution is 2.29. The van der Waals surface area contributed by atoms with Crippen LogP contribution >= 0.6 is 0 Å². The second-order valence-electron chi connectivity index (χ2n) is 4.23. The molecule has 1 N–H and O–H groups in total. The molecule has 0 bridgehead atoms. The number of aryl methyl sites for hydroxylation is 2. The molecule has 4 heteroatoms. The van der Waals surface area contributed by atoms with Crippen LogP contribution in [0.15, 0.2) is 6.07 Å². The van der Waals surface area contributed by atoms with Crippen LogP contribution in [0.2, 0.25) is 0 Å². The van der Waals surface area contributed by atoms with Crippen molar-refractivity contribution in [1.29, 1.82) is 0 Å². The third-order valence-corrected chi connectivity index (χ3v) is 3.03. The summed E-state index contributed by atoms with van der Waals surface area (Å²) in [5.74, 6) is 0.474. The van der Waals surface area contributed by atoms with Gasteiger partial charge in [0.15, 0.2) is 0 Å². The molecule has 2 heterocycles. The first kappa shape index (κ1) is 10.6. The number of rotatable bonds is 2. The van der Waals surface area contributed by atoms with Gasteiger partial charge in [-0.2, -0.15) is 5.10 Å². The summed E-state index contributed by atoms with van der Waals surface area (Å²) in [5, 5.41) is 13.4. The van der Waals surface area contributed by atoms with Gasteiger partial charge in [-0.15, -0.1) is 0 Å². The number of aromatic nitrogens is 2. The van der Waals surface area contributed by atoms with Crippen molar-refractivity contribution in [2.24, 2.45) is 7.05 Å². The normalized spacial score (nSPS) is 26.9. The number of aliphatic hydroxyl groups excluding tert-OH is 1. The van der Waals surface area contributed by atoms with E-state index in [1.54, 1.807) is 0 Å². The number of hydrogen-bond acceptors (Lipinski definition) is 3. The molecule has 1 aromatic rings. The number of ether oxygens (including phenoxy) is 1. The van der Waals surface area contributed by atoms with Crippen molar-refractivity contribution in [1.82, 2.24) is 9.78 Å². The molecule has 0 saturated carbocycles. The summed E-state index contributed by atoms with van der Waals surface area (Å²) in [6.07, 6.45) is 1.92. The Morgan fingerprint density at radius 1 is 1.67 bits per heavy atom. The van der Waals surface area contributed by atoms with E-state index in [0.29, 0.717) is 5.92 Å². The van der Waals surface area contributed by atoms with Crippen LogP contribution in [0, 0.1) is 6.92 Å². The molecule has 1 aromatic heterocycles. The van der Waals surface area contributed by atoms with Gasteiger partial charge >= 0.3 is 0 Å². The van der Waals surface area contributed by atoms with Gasteiger partial charge in [0.1, 0.15) is 0 Å². The largest absolute Gasteiger partial charge is 0.394 e. The molecular weight excluding hydrogens is 192 g/mol. The summed E-state index contributed by atoms with van der Waals surface area (Å²) in [6.45, 7) is 2.86. The van der Waals surface area contributed by atoms with Crippen LogP contribution in [0.25, 0.3) is 0 Å². The third-order valence-electron chi connectivity index (χ3n) is 3.03. The lowest BCUT2D eigenvalue weighted by Crippen LogP contribution is -2.28. The topological polar surface area (TPSA) is 47.3 Å². The van der Waals surface area contributed by atoms with E-state index < -0.39 is 0 Å². The summed E-state index contributed by atoms with van der Waals surface area (Å²) in [4.78, 5) is 0. The third kappa shape index (κ3) is 2.21. The first-order valence-corrected chi connectivity index (χ1v) is 5.43. The maximum atomic E-state index is 9.08. The van der Waals surface area contributed by atoms with Crippen molar-refractivity contribution in [2.45, 2.75) is 31.8 Å². The van der Waals surface area contributed by atoms with E-state index in [-0.39, 0.29) is 12.7 Å². The Bertz CT molecular complexity index is 335. The summed E-state index contributed by atoms with van der Waals surface area (Å²) >= 11 is 0. The van der Waals surface area contributed by atoms with Gasteiger partial charge in [-0.1, -0.05) is 0 Å². The summed E-state index contributed by atoms with van der Waals surface area (Å²) < 4.78 is 7.39. The smallest absolute Gasteiger partial charge is 0.0812 e. The van der Waals surface area contributed by atoms with Gasteiger partial charge in [0.25, 0.3) is 0 Å². The second-order valence-corrected chi connectivity index (χ2v) is 4.23. The van der Waals surface area contributed by atoms with E-state index in [4.69, 9.17) is 9.84 Å². The van der Waals surface area contributed by atoms with Crippen LogP contribution in [-0.2, 0) is 11.8 Å². The van der Waals surface area contributed by atoms with Gasteiger partial charge in [0.05, 0.1) is 18.4 Å². The molecule has 4 nitrogen and oxygen atoms in total. The SMILES string of the molecule is Cc1cc(C2CCOC(CO)C2)n(C)n1. The quantitative estimate of drug-likeness (QED) is 0.791. The lowest BCUT2D eigenvalue weighted by molar-refractivity contribution is -0.0258. The Labute approximate surface area is 89.9 Å². The van der Waals surface area contributed by atoms with E-state index in [2.05, 4.69) is 11.2 Å². The fraction of sp³-hybridized carbons (Fsp3) is 0.727. The fourth-order valence-electron chi connectivity index (χ4n) is 2.29. The molecule has 84 valence electrons. The molecule has 0 amide bonds. The van der Waals surface area contributed by atoms with Gasteiger partial charge in [0, 0.05) is 25.3 Å². The van der Waals surface area contributed by atoms with Gasteiger partial charge in [-0.05, 0) is 25.8 Å². The van der Waals surface area contributed by atoms with Crippen molar-refractivity contribution in [3.8, 4) is 0 Å². The van der Waals surface area contributed by atoms with E-state index in [9.17, 15) is 0 Å². The predicted molar refractivity (Wildman–Crippen MR) is 56.7 cm³/mol. The first-order chi connectivity index (χ1) is 7.20. The Morgan fingerprint density at radius 2 is 2.47 bits per heavy atom. The molecule has 1 fully saturated rings. The van der Waals surface area contributed by atoms with Crippen LogP contribution in [0.1, 0.15) is 30.1 Å². The molecule has 2 rings (SSSR count). The lowest BCUT2D eigenvalue weighted by Gasteiger charge is -2.28. The van der Waals surface area contributed by atoms with E-state index in [0.717, 1.165) is 25.1 Å². The first-order valence-electron chi connectivity index (χ1n) is 5.43. The highest BCUT2D eigenvalue weighted by Gasteiger charge is 2.25. The number of hydrogen-bond donors (Lipinski definition) is 1. The molecule has 2 atom stereocenters. The monoisotopic (exact) mass is 210 g/mol. The minimum Gasteiger partial charge on any atom is -0.394 e. The zero-order chi connectivity index (χ0) is 10.8. The molecule has 2 unspecified atom stereocenters. The van der Waals surface area contributed by atoms with Crippen LogP contribution < -0.4 is 0 Å². The summed E-state index contributed by atoms with van der Waals surface area (Å²) in [6, 6.07) is 2.13. The summed E-state index contributed by atoms with van der Waals surface area (Å²) in [5.41, 5.74) is 2.31. The van der Waals surface area contributed by atoms with Gasteiger partial charge in [-0.25, -0.2) is 0 Å².